The van der Waals surface area contributed by atoms with Gasteiger partial charge in [0.2, 0.25) is 5.88 Å². The minimum absolute atomic E-state index is 0.0342. The first-order valence-electron chi connectivity index (χ1n) is 11.5. The SMILES string of the molecule is Cc1cc(C)c(NC(=O)c2sccc2S(=O)(=O)CC=CNc2onc(C)c2Cl)c(S(=O)(=O)CC=CN(C)C)c1. The summed E-state index contributed by atoms with van der Waals surface area (Å²) in [6.07, 6.45) is 5.85. The van der Waals surface area contributed by atoms with Crippen molar-refractivity contribution in [2.45, 2.75) is 30.6 Å². The first kappa shape index (κ1) is 30.4. The van der Waals surface area contributed by atoms with Crippen LogP contribution in [0.15, 0.2) is 62.4 Å². The molecular formula is C25H29ClN4O6S3. The van der Waals surface area contributed by atoms with E-state index in [9.17, 15) is 21.6 Å². The summed E-state index contributed by atoms with van der Waals surface area (Å²) < 4.78 is 57.4. The summed E-state index contributed by atoms with van der Waals surface area (Å²) in [5, 5.41) is 10.8. The number of rotatable bonds is 11. The van der Waals surface area contributed by atoms with Crippen LogP contribution in [0.25, 0.3) is 0 Å². The van der Waals surface area contributed by atoms with Gasteiger partial charge in [0.15, 0.2) is 19.7 Å². The van der Waals surface area contributed by atoms with Crippen LogP contribution in [-0.2, 0) is 19.7 Å². The number of hydrogen-bond donors (Lipinski definition) is 2. The van der Waals surface area contributed by atoms with E-state index in [2.05, 4.69) is 15.8 Å². The van der Waals surface area contributed by atoms with Gasteiger partial charge in [0.1, 0.15) is 15.6 Å². The Morgan fingerprint density at radius 1 is 1.08 bits per heavy atom. The smallest absolute Gasteiger partial charge is 0.267 e. The molecule has 0 bridgehead atoms. The first-order valence-corrected chi connectivity index (χ1v) is 16.1. The van der Waals surface area contributed by atoms with Crippen molar-refractivity contribution in [2.24, 2.45) is 0 Å². The van der Waals surface area contributed by atoms with Crippen LogP contribution in [0.2, 0.25) is 5.02 Å². The number of nitrogens with zero attached hydrogens (tertiary/aromatic N) is 2. The van der Waals surface area contributed by atoms with Crippen LogP contribution >= 0.6 is 22.9 Å². The Hall–Kier alpha value is -3.13. The normalized spacial score (nSPS) is 12.4. The summed E-state index contributed by atoms with van der Waals surface area (Å²) in [6.45, 7) is 5.10. The van der Waals surface area contributed by atoms with Gasteiger partial charge in [-0.1, -0.05) is 35.0 Å². The van der Waals surface area contributed by atoms with Crippen LogP contribution in [0.3, 0.4) is 0 Å². The molecule has 2 heterocycles. The molecule has 3 aromatic rings. The fourth-order valence-electron chi connectivity index (χ4n) is 3.53. The predicted octanol–water partition coefficient (Wildman–Crippen LogP) is 4.82. The van der Waals surface area contributed by atoms with Crippen LogP contribution in [0.1, 0.15) is 26.5 Å². The zero-order valence-corrected chi connectivity index (χ0v) is 25.2. The van der Waals surface area contributed by atoms with E-state index in [0.29, 0.717) is 16.8 Å². The standard InChI is InChI=1S/C25H29ClN4O6S3/c1-16-14-17(2)22(20(15-16)39(34,35)13-7-10-30(4)5)28-24(31)23-19(8-11-37-23)38(32,33)12-6-9-27-25-21(26)18(3)29-36-25/h6-11,14-15,27H,12-13H2,1-5H3,(H,28,31). The van der Waals surface area contributed by atoms with E-state index in [4.69, 9.17) is 16.1 Å². The highest BCUT2D eigenvalue weighted by Gasteiger charge is 2.26. The van der Waals surface area contributed by atoms with Gasteiger partial charge in [-0.25, -0.2) is 16.8 Å². The maximum Gasteiger partial charge on any atom is 0.267 e. The van der Waals surface area contributed by atoms with Gasteiger partial charge in [0, 0.05) is 20.3 Å². The number of halogens is 1. The molecule has 0 saturated carbocycles. The second-order valence-electron chi connectivity index (χ2n) is 8.89. The van der Waals surface area contributed by atoms with E-state index in [1.807, 2.05) is 0 Å². The van der Waals surface area contributed by atoms with Gasteiger partial charge in [-0.2, -0.15) is 0 Å². The average molecular weight is 613 g/mol. The molecular weight excluding hydrogens is 584 g/mol. The lowest BCUT2D eigenvalue weighted by Gasteiger charge is -2.15. The van der Waals surface area contributed by atoms with Gasteiger partial charge in [-0.05, 0) is 55.6 Å². The molecule has 0 aliphatic rings. The fourth-order valence-corrected chi connectivity index (χ4v) is 7.53. The van der Waals surface area contributed by atoms with E-state index in [-0.39, 0.29) is 37.0 Å². The van der Waals surface area contributed by atoms with Crippen molar-refractivity contribution in [3.05, 3.63) is 74.9 Å². The third kappa shape index (κ3) is 7.50. The van der Waals surface area contributed by atoms with Gasteiger partial charge in [-0.15, -0.1) is 11.3 Å². The number of carbonyl (C=O) groups excluding carboxylic acids is 1. The molecule has 2 N–H and O–H groups in total. The van der Waals surface area contributed by atoms with Crippen molar-refractivity contribution >= 4 is 60.1 Å². The molecule has 0 unspecified atom stereocenters. The van der Waals surface area contributed by atoms with Crippen LogP contribution < -0.4 is 10.6 Å². The van der Waals surface area contributed by atoms with Crippen LogP contribution in [0.5, 0.6) is 0 Å². The van der Waals surface area contributed by atoms with Crippen molar-refractivity contribution in [3.63, 3.8) is 0 Å². The predicted molar refractivity (Wildman–Crippen MR) is 154 cm³/mol. The summed E-state index contributed by atoms with van der Waals surface area (Å²) in [6, 6.07) is 4.59. The third-order valence-electron chi connectivity index (χ3n) is 5.35. The quantitative estimate of drug-likeness (QED) is 0.312. The monoisotopic (exact) mass is 612 g/mol. The number of hydrogen-bond acceptors (Lipinski definition) is 10. The molecule has 1 aromatic carbocycles. The van der Waals surface area contributed by atoms with E-state index in [1.165, 1.54) is 35.9 Å². The van der Waals surface area contributed by atoms with Crippen LogP contribution in [-0.4, -0.2) is 58.4 Å². The highest BCUT2D eigenvalue weighted by Crippen LogP contribution is 2.31. The highest BCUT2D eigenvalue weighted by molar-refractivity contribution is 7.92. The number of thiophene rings is 1. The molecule has 0 aliphatic carbocycles. The zero-order chi connectivity index (χ0) is 29.0. The number of aromatic nitrogens is 1. The van der Waals surface area contributed by atoms with Crippen LogP contribution in [0.4, 0.5) is 11.6 Å². The molecule has 39 heavy (non-hydrogen) atoms. The number of amides is 1. The van der Waals surface area contributed by atoms with E-state index in [0.717, 1.165) is 11.3 Å². The largest absolute Gasteiger partial charge is 0.384 e. The average Bonchev–Trinajstić information content (AvgIpc) is 3.46. The number of carbonyl (C=O) groups is 1. The lowest BCUT2D eigenvalue weighted by Crippen LogP contribution is -2.19. The van der Waals surface area contributed by atoms with Gasteiger partial charge in [0.05, 0.1) is 27.0 Å². The number of aryl methyl sites for hydroxylation is 3. The van der Waals surface area contributed by atoms with Crippen molar-refractivity contribution in [2.75, 3.05) is 36.2 Å². The topological polar surface area (TPSA) is 139 Å². The Labute approximate surface area is 237 Å². The summed E-state index contributed by atoms with van der Waals surface area (Å²) >= 11 is 6.97. The molecule has 10 nitrogen and oxygen atoms in total. The van der Waals surface area contributed by atoms with Crippen LogP contribution in [0, 0.1) is 20.8 Å². The maximum atomic E-state index is 13.3. The summed E-state index contributed by atoms with van der Waals surface area (Å²) in [5.74, 6) is -1.23. The molecule has 0 spiro atoms. The highest BCUT2D eigenvalue weighted by atomic mass is 35.5. The molecule has 0 saturated heterocycles. The second-order valence-corrected chi connectivity index (χ2v) is 14.2. The number of nitrogens with one attached hydrogen (secondary N) is 2. The number of anilines is 2. The minimum atomic E-state index is -3.91. The van der Waals surface area contributed by atoms with Crippen molar-refractivity contribution in [1.29, 1.82) is 0 Å². The molecule has 0 atom stereocenters. The minimum Gasteiger partial charge on any atom is -0.384 e. The van der Waals surface area contributed by atoms with E-state index in [1.54, 1.807) is 52.0 Å². The van der Waals surface area contributed by atoms with Gasteiger partial charge < -0.3 is 20.1 Å². The Bertz CT molecular complexity index is 1640. The lowest BCUT2D eigenvalue weighted by molar-refractivity contribution is 0.102. The van der Waals surface area contributed by atoms with E-state index < -0.39 is 31.3 Å². The molecule has 0 radical (unpaired) electrons. The Balaban J connectivity index is 1.84. The zero-order valence-electron chi connectivity index (χ0n) is 22.0. The Morgan fingerprint density at radius 3 is 2.38 bits per heavy atom. The summed E-state index contributed by atoms with van der Waals surface area (Å²) in [5.41, 5.74) is 1.85. The van der Waals surface area contributed by atoms with Crippen molar-refractivity contribution < 1.29 is 26.2 Å². The third-order valence-corrected chi connectivity index (χ3v) is 10.1. The molecule has 0 aliphatic heterocycles. The maximum absolute atomic E-state index is 13.3. The molecule has 2 aromatic heterocycles. The van der Waals surface area contributed by atoms with Crippen molar-refractivity contribution in [1.82, 2.24) is 10.1 Å². The molecule has 1 amide bonds. The first-order chi connectivity index (χ1) is 18.2. The van der Waals surface area contributed by atoms with Gasteiger partial charge in [0.25, 0.3) is 5.91 Å². The van der Waals surface area contributed by atoms with E-state index >= 15 is 0 Å². The fraction of sp³-hybridized carbons (Fsp3) is 0.280. The summed E-state index contributed by atoms with van der Waals surface area (Å²) in [4.78, 5) is 14.7. The Kier molecular flexibility index (Phi) is 9.64. The molecule has 0 fully saturated rings. The van der Waals surface area contributed by atoms with Gasteiger partial charge >= 0.3 is 0 Å². The second kappa shape index (κ2) is 12.4. The number of sulfone groups is 2. The van der Waals surface area contributed by atoms with Crippen molar-refractivity contribution in [3.8, 4) is 0 Å². The number of benzene rings is 1. The molecule has 14 heteroatoms. The molecule has 3 rings (SSSR count). The Morgan fingerprint density at radius 2 is 1.74 bits per heavy atom. The van der Waals surface area contributed by atoms with Gasteiger partial charge in [-0.3, -0.25) is 4.79 Å². The molecule has 210 valence electrons. The lowest BCUT2D eigenvalue weighted by atomic mass is 10.1. The summed E-state index contributed by atoms with van der Waals surface area (Å²) in [7, 11) is -4.16.